The summed E-state index contributed by atoms with van der Waals surface area (Å²) >= 11 is 1.49. The summed E-state index contributed by atoms with van der Waals surface area (Å²) in [5.74, 6) is 1.18. The summed E-state index contributed by atoms with van der Waals surface area (Å²) in [6.07, 6.45) is 4.21. The number of thioether (sulfide) groups is 1. The highest BCUT2D eigenvalue weighted by molar-refractivity contribution is 7.99. The predicted molar refractivity (Wildman–Crippen MR) is 106 cm³/mol. The summed E-state index contributed by atoms with van der Waals surface area (Å²) in [5.41, 5.74) is 0.689. The minimum Gasteiger partial charge on any atom is -0.315 e. The number of H-pyrrole nitrogens is 1. The van der Waals surface area contributed by atoms with Gasteiger partial charge in [0.15, 0.2) is 0 Å². The lowest BCUT2D eigenvalue weighted by Crippen LogP contribution is -2.22. The van der Waals surface area contributed by atoms with Gasteiger partial charge in [-0.3, -0.25) is 14.2 Å². The molecule has 0 saturated carbocycles. The Kier molecular flexibility index (Phi) is 4.53. The number of fused-ring (bicyclic) bond motifs is 2. The van der Waals surface area contributed by atoms with Crippen LogP contribution in [0.2, 0.25) is 0 Å². The van der Waals surface area contributed by atoms with Crippen LogP contribution in [0.4, 0.5) is 0 Å². The first kappa shape index (κ1) is 17.5. The Bertz CT molecular complexity index is 1260. The Morgan fingerprint density at radius 2 is 1.78 bits per heavy atom. The zero-order valence-corrected chi connectivity index (χ0v) is 15.8. The molecule has 1 N–H and O–H groups in total. The number of hydrogen-bond acceptors (Lipinski definition) is 6. The highest BCUT2D eigenvalue weighted by Crippen LogP contribution is 2.16. The van der Waals surface area contributed by atoms with Gasteiger partial charge in [0, 0.05) is 18.9 Å². The molecule has 0 spiro atoms. The highest BCUT2D eigenvalue weighted by Gasteiger charge is 2.12. The normalized spacial score (nSPS) is 11.5. The monoisotopic (exact) mass is 382 g/mol. The number of rotatable bonds is 5. The van der Waals surface area contributed by atoms with Gasteiger partial charge in [-0.05, 0) is 30.4 Å². The van der Waals surface area contributed by atoms with Gasteiger partial charge >= 0.3 is 0 Å². The molecule has 138 valence electrons. The second kappa shape index (κ2) is 6.99. The Hall–Kier alpha value is -2.94. The molecule has 0 fully saturated rings. The number of hydrogen-bond donors (Lipinski definition) is 1. The van der Waals surface area contributed by atoms with E-state index < -0.39 is 0 Å². The van der Waals surface area contributed by atoms with Crippen molar-refractivity contribution in [1.82, 2.24) is 29.3 Å². The average molecular weight is 382 g/mol. The van der Waals surface area contributed by atoms with Crippen LogP contribution in [-0.2, 0) is 6.54 Å². The second-order valence-corrected chi connectivity index (χ2v) is 7.26. The molecule has 0 atom stereocenters. The molecule has 27 heavy (non-hydrogen) atoms. The van der Waals surface area contributed by atoms with E-state index in [0.29, 0.717) is 39.5 Å². The maximum absolute atomic E-state index is 13.0. The van der Waals surface area contributed by atoms with Crippen molar-refractivity contribution in [3.8, 4) is 5.95 Å². The highest BCUT2D eigenvalue weighted by atomic mass is 32.2. The lowest BCUT2D eigenvalue weighted by Gasteiger charge is -2.07. The Morgan fingerprint density at radius 1 is 1.04 bits per heavy atom. The molecule has 0 radical (unpaired) electrons. The third-order valence-electron chi connectivity index (χ3n) is 4.24. The van der Waals surface area contributed by atoms with Crippen molar-refractivity contribution in [1.29, 1.82) is 0 Å². The number of aromatic amines is 1. The number of pyridine rings is 3. The minimum atomic E-state index is -0.295. The van der Waals surface area contributed by atoms with Gasteiger partial charge in [-0.25, -0.2) is 10.1 Å². The molecule has 0 aliphatic rings. The summed E-state index contributed by atoms with van der Waals surface area (Å²) < 4.78 is 3.03. The van der Waals surface area contributed by atoms with Crippen molar-refractivity contribution in [2.45, 2.75) is 32.0 Å². The van der Waals surface area contributed by atoms with Crippen molar-refractivity contribution in [3.63, 3.8) is 0 Å². The van der Waals surface area contributed by atoms with E-state index in [1.54, 1.807) is 29.1 Å². The van der Waals surface area contributed by atoms with Crippen LogP contribution in [-0.4, -0.2) is 35.1 Å². The first-order chi connectivity index (χ1) is 13.1. The fourth-order valence-electron chi connectivity index (χ4n) is 2.99. The van der Waals surface area contributed by atoms with Crippen LogP contribution < -0.4 is 11.1 Å². The van der Waals surface area contributed by atoms with Crippen LogP contribution in [0.1, 0.15) is 20.3 Å². The molecule has 0 aliphatic heterocycles. The van der Waals surface area contributed by atoms with Crippen molar-refractivity contribution in [3.05, 3.63) is 51.3 Å². The van der Waals surface area contributed by atoms with Crippen molar-refractivity contribution in [2.24, 2.45) is 0 Å². The topological polar surface area (TPSA) is 98.5 Å². The summed E-state index contributed by atoms with van der Waals surface area (Å²) in [4.78, 5) is 34.5. The summed E-state index contributed by atoms with van der Waals surface area (Å²) in [5, 5.41) is 8.27. The van der Waals surface area contributed by atoms with Crippen molar-refractivity contribution in [2.75, 3.05) is 5.75 Å². The van der Waals surface area contributed by atoms with Gasteiger partial charge in [-0.1, -0.05) is 25.6 Å². The molecule has 0 aromatic carbocycles. The SMILES string of the molecule is CCCn1ccc2nc3ccn(-c4nc(SCC)n[nH]4)c(=O)c3cc2c1=O. The number of aromatic nitrogens is 6. The van der Waals surface area contributed by atoms with E-state index >= 15 is 0 Å². The zero-order chi connectivity index (χ0) is 19.0. The molecule has 0 aliphatic carbocycles. The van der Waals surface area contributed by atoms with Crippen LogP contribution >= 0.6 is 11.8 Å². The first-order valence-corrected chi connectivity index (χ1v) is 9.72. The fraction of sp³-hybridized carbons (Fsp3) is 0.278. The average Bonchev–Trinajstić information content (AvgIpc) is 3.12. The molecule has 0 saturated heterocycles. The van der Waals surface area contributed by atoms with Gasteiger partial charge in [0.1, 0.15) is 0 Å². The largest absolute Gasteiger partial charge is 0.315 e. The molecule has 0 unspecified atom stereocenters. The maximum atomic E-state index is 13.0. The number of aryl methyl sites for hydroxylation is 1. The lowest BCUT2D eigenvalue weighted by molar-refractivity contribution is 0.659. The van der Waals surface area contributed by atoms with Gasteiger partial charge in [-0.2, -0.15) is 4.98 Å². The van der Waals surface area contributed by atoms with E-state index in [2.05, 4.69) is 20.2 Å². The molecular weight excluding hydrogens is 364 g/mol. The third kappa shape index (κ3) is 3.03. The molecular formula is C18H18N6O2S. The number of nitrogens with zero attached hydrogens (tertiary/aromatic N) is 5. The molecule has 4 aromatic heterocycles. The molecule has 4 aromatic rings. The lowest BCUT2D eigenvalue weighted by atomic mass is 10.2. The quantitative estimate of drug-likeness (QED) is 0.420. The molecule has 0 bridgehead atoms. The predicted octanol–water partition coefficient (Wildman–Crippen LogP) is 2.34. The minimum absolute atomic E-state index is 0.139. The Labute approximate surface area is 158 Å². The van der Waals surface area contributed by atoms with Gasteiger partial charge in [0.05, 0.1) is 21.8 Å². The van der Waals surface area contributed by atoms with E-state index in [4.69, 9.17) is 0 Å². The van der Waals surface area contributed by atoms with E-state index in [9.17, 15) is 9.59 Å². The smallest absolute Gasteiger partial charge is 0.266 e. The zero-order valence-electron chi connectivity index (χ0n) is 15.0. The van der Waals surface area contributed by atoms with Gasteiger partial charge < -0.3 is 4.57 Å². The van der Waals surface area contributed by atoms with E-state index in [1.807, 2.05) is 19.9 Å². The molecule has 0 amide bonds. The summed E-state index contributed by atoms with van der Waals surface area (Å²) in [6.45, 7) is 4.64. The standard InChI is InChI=1S/C18H18N6O2S/c1-3-7-23-8-5-13-11(15(23)25)10-12-14(19-13)6-9-24(16(12)26)17-20-18(22-21-17)27-4-2/h5-6,8-10H,3-4,7H2,1-2H3,(H,20,21,22). The Morgan fingerprint density at radius 3 is 2.52 bits per heavy atom. The molecule has 4 heterocycles. The summed E-state index contributed by atoms with van der Waals surface area (Å²) in [6, 6.07) is 5.17. The van der Waals surface area contributed by atoms with Crippen LogP contribution in [0.25, 0.3) is 27.8 Å². The molecule has 4 rings (SSSR count). The van der Waals surface area contributed by atoms with Gasteiger partial charge in [0.25, 0.3) is 11.1 Å². The molecule has 8 nitrogen and oxygen atoms in total. The van der Waals surface area contributed by atoms with Crippen molar-refractivity contribution >= 4 is 33.6 Å². The van der Waals surface area contributed by atoms with E-state index in [-0.39, 0.29) is 11.1 Å². The molecule has 9 heteroatoms. The van der Waals surface area contributed by atoms with Crippen molar-refractivity contribution < 1.29 is 0 Å². The summed E-state index contributed by atoms with van der Waals surface area (Å²) in [7, 11) is 0. The number of nitrogens with one attached hydrogen (secondary N) is 1. The maximum Gasteiger partial charge on any atom is 0.266 e. The van der Waals surface area contributed by atoms with Crippen LogP contribution in [0, 0.1) is 0 Å². The Balaban J connectivity index is 1.92. The van der Waals surface area contributed by atoms with Crippen LogP contribution in [0.3, 0.4) is 0 Å². The van der Waals surface area contributed by atoms with Gasteiger partial charge in [0.2, 0.25) is 11.1 Å². The third-order valence-corrected chi connectivity index (χ3v) is 4.96. The first-order valence-electron chi connectivity index (χ1n) is 8.73. The fourth-order valence-corrected chi connectivity index (χ4v) is 3.51. The van der Waals surface area contributed by atoms with Gasteiger partial charge in [-0.15, -0.1) is 5.10 Å². The van der Waals surface area contributed by atoms with E-state index in [1.165, 1.54) is 16.3 Å². The van der Waals surface area contributed by atoms with E-state index in [0.717, 1.165) is 12.2 Å². The van der Waals surface area contributed by atoms with Crippen LogP contribution in [0.15, 0.2) is 45.3 Å². The second-order valence-electron chi connectivity index (χ2n) is 6.03. The van der Waals surface area contributed by atoms with Crippen LogP contribution in [0.5, 0.6) is 0 Å².